The SMILES string of the molecule is Cc1cc(CCc2cc(CCc3cc(C)cc(-n4c(C)ccc4C)n3)cc(-n3c(C)ccc3C)c2)nc(-n2c(C)ccc2C)c1.Cc1cc(N)nc(CCc2cc(N)cc(CCc3cc(C)cc(N)n3)c2)c1. The molecular formula is C62H72N10. The summed E-state index contributed by atoms with van der Waals surface area (Å²) in [6, 6.07) is 43.2. The predicted molar refractivity (Wildman–Crippen MR) is 298 cm³/mol. The van der Waals surface area contributed by atoms with E-state index in [-0.39, 0.29) is 0 Å². The van der Waals surface area contributed by atoms with E-state index in [0.717, 1.165) is 103 Å². The van der Waals surface area contributed by atoms with Crippen LogP contribution in [0.1, 0.15) is 101 Å². The number of benzene rings is 2. The molecule has 370 valence electrons. The van der Waals surface area contributed by atoms with Gasteiger partial charge in [0.15, 0.2) is 0 Å². The molecule has 7 aromatic heterocycles. The lowest BCUT2D eigenvalue weighted by Gasteiger charge is -2.16. The molecule has 10 nitrogen and oxygen atoms in total. The van der Waals surface area contributed by atoms with Crippen molar-refractivity contribution in [1.29, 1.82) is 0 Å². The minimum absolute atomic E-state index is 0.572. The van der Waals surface area contributed by atoms with Gasteiger partial charge in [0, 0.05) is 68.3 Å². The molecule has 0 amide bonds. The Bertz CT molecular complexity index is 3070. The first-order chi connectivity index (χ1) is 34.4. The van der Waals surface area contributed by atoms with Crippen LogP contribution in [0.3, 0.4) is 0 Å². The van der Waals surface area contributed by atoms with E-state index < -0.39 is 0 Å². The maximum Gasteiger partial charge on any atom is 0.137 e. The number of anilines is 3. The highest BCUT2D eigenvalue weighted by atomic mass is 15.1. The molecule has 6 N–H and O–H groups in total. The van der Waals surface area contributed by atoms with E-state index in [4.69, 9.17) is 27.2 Å². The number of pyridine rings is 4. The average molecular weight is 957 g/mol. The number of nitrogen functional groups attached to an aromatic ring is 3. The summed E-state index contributed by atoms with van der Waals surface area (Å²) in [5.74, 6) is 3.16. The second-order valence-corrected chi connectivity index (χ2v) is 20.1. The Morgan fingerprint density at radius 3 is 0.931 bits per heavy atom. The van der Waals surface area contributed by atoms with Crippen molar-refractivity contribution in [1.82, 2.24) is 33.6 Å². The molecule has 0 bridgehead atoms. The zero-order valence-electron chi connectivity index (χ0n) is 44.1. The minimum Gasteiger partial charge on any atom is -0.399 e. The standard InChI is InChI=1S/C40H45N5.C22H27N5/c1-26-19-36(41-39(21-26)44-30(5)11-12-31(44)6)17-15-34-23-35(25-38(24-34)43-28(3)9-10-29(43)4)16-18-37-20-27(2)22-40(42-37)45-32(7)13-14-33(45)8;1-14-7-19(26-21(24)9-14)5-3-16-11-17(13-18(23)12-16)4-6-20-8-15(2)10-22(25)27-20/h9-14,19-25H,15-18H2,1-8H3;7-13H,3-6,23H2,1-2H3,(H2,24,26)(H2,25,27). The van der Waals surface area contributed by atoms with Gasteiger partial charge in [-0.05, 0) is 274 Å². The van der Waals surface area contributed by atoms with Gasteiger partial charge >= 0.3 is 0 Å². The van der Waals surface area contributed by atoms with Gasteiger partial charge in [0.2, 0.25) is 0 Å². The monoisotopic (exact) mass is 957 g/mol. The van der Waals surface area contributed by atoms with Crippen LogP contribution in [0, 0.1) is 69.2 Å². The number of rotatable bonds is 15. The number of nitrogens with two attached hydrogens (primary N) is 3. The van der Waals surface area contributed by atoms with Gasteiger partial charge in [0.25, 0.3) is 0 Å². The van der Waals surface area contributed by atoms with Gasteiger partial charge in [-0.2, -0.15) is 0 Å². The van der Waals surface area contributed by atoms with E-state index in [1.807, 2.05) is 38.1 Å². The van der Waals surface area contributed by atoms with Crippen molar-refractivity contribution < 1.29 is 0 Å². The van der Waals surface area contributed by atoms with E-state index in [9.17, 15) is 0 Å². The van der Waals surface area contributed by atoms with Gasteiger partial charge in [-0.3, -0.25) is 0 Å². The largest absolute Gasteiger partial charge is 0.399 e. The zero-order chi connectivity index (χ0) is 51.2. The number of nitrogens with zero attached hydrogens (tertiary/aromatic N) is 7. The van der Waals surface area contributed by atoms with Crippen molar-refractivity contribution in [2.75, 3.05) is 17.2 Å². The first kappa shape index (κ1) is 50.7. The summed E-state index contributed by atoms with van der Waals surface area (Å²) in [4.78, 5) is 19.0. The molecule has 10 heteroatoms. The fourth-order valence-electron chi connectivity index (χ4n) is 10.2. The molecule has 72 heavy (non-hydrogen) atoms. The Morgan fingerprint density at radius 1 is 0.306 bits per heavy atom. The van der Waals surface area contributed by atoms with Gasteiger partial charge in [-0.25, -0.2) is 19.9 Å². The highest BCUT2D eigenvalue weighted by Crippen LogP contribution is 2.25. The number of aryl methyl sites for hydroxylation is 18. The molecule has 0 aliphatic carbocycles. The summed E-state index contributed by atoms with van der Waals surface area (Å²) in [6.45, 7) is 21.4. The highest BCUT2D eigenvalue weighted by molar-refractivity contribution is 5.47. The third-order valence-electron chi connectivity index (χ3n) is 13.4. The fourth-order valence-corrected chi connectivity index (χ4v) is 10.2. The lowest BCUT2D eigenvalue weighted by atomic mass is 9.99. The summed E-state index contributed by atoms with van der Waals surface area (Å²) < 4.78 is 6.86. The van der Waals surface area contributed by atoms with E-state index in [1.54, 1.807) is 0 Å². The van der Waals surface area contributed by atoms with Gasteiger partial charge in [0.05, 0.1) is 0 Å². The molecule has 0 aliphatic rings. The lowest BCUT2D eigenvalue weighted by Crippen LogP contribution is -2.07. The highest BCUT2D eigenvalue weighted by Gasteiger charge is 2.14. The Kier molecular flexibility index (Phi) is 15.6. The van der Waals surface area contributed by atoms with E-state index in [1.165, 1.54) is 73.2 Å². The van der Waals surface area contributed by atoms with Crippen LogP contribution in [0.2, 0.25) is 0 Å². The maximum absolute atomic E-state index is 6.12. The first-order valence-corrected chi connectivity index (χ1v) is 25.3. The van der Waals surface area contributed by atoms with Crippen LogP contribution in [0.5, 0.6) is 0 Å². The van der Waals surface area contributed by atoms with E-state index >= 15 is 0 Å². The number of aromatic nitrogens is 7. The Balaban J connectivity index is 0.000000219. The quantitative estimate of drug-likeness (QED) is 0.0868. The topological polar surface area (TPSA) is 144 Å². The second-order valence-electron chi connectivity index (χ2n) is 20.1. The minimum atomic E-state index is 0.572. The molecule has 0 fully saturated rings. The summed E-state index contributed by atoms with van der Waals surface area (Å²) >= 11 is 0. The van der Waals surface area contributed by atoms with Crippen molar-refractivity contribution in [2.45, 2.75) is 121 Å². The molecule has 9 aromatic rings. The molecule has 0 saturated carbocycles. The van der Waals surface area contributed by atoms with Crippen LogP contribution in [-0.2, 0) is 51.4 Å². The molecule has 7 heterocycles. The van der Waals surface area contributed by atoms with E-state index in [0.29, 0.717) is 11.6 Å². The molecule has 0 radical (unpaired) electrons. The Hall–Kier alpha value is -7.72. The summed E-state index contributed by atoms with van der Waals surface area (Å²) in [5.41, 5.74) is 41.3. The maximum atomic E-state index is 6.12. The zero-order valence-corrected chi connectivity index (χ0v) is 44.1. The molecule has 0 saturated heterocycles. The lowest BCUT2D eigenvalue weighted by molar-refractivity contribution is 0.847. The Morgan fingerprint density at radius 2 is 0.597 bits per heavy atom. The van der Waals surface area contributed by atoms with Crippen LogP contribution in [0.15, 0.2) is 121 Å². The average Bonchev–Trinajstić information content (AvgIpc) is 3.97. The normalized spacial score (nSPS) is 11.2. The molecule has 9 rings (SSSR count). The van der Waals surface area contributed by atoms with Crippen LogP contribution < -0.4 is 17.2 Å². The molecule has 0 unspecified atom stereocenters. The van der Waals surface area contributed by atoms with Crippen LogP contribution >= 0.6 is 0 Å². The van der Waals surface area contributed by atoms with E-state index in [2.05, 4.69) is 176 Å². The van der Waals surface area contributed by atoms with Gasteiger partial charge in [0.1, 0.15) is 23.3 Å². The smallest absolute Gasteiger partial charge is 0.137 e. The van der Waals surface area contributed by atoms with Crippen LogP contribution in [0.25, 0.3) is 17.3 Å². The van der Waals surface area contributed by atoms with Crippen molar-refractivity contribution in [3.63, 3.8) is 0 Å². The first-order valence-electron chi connectivity index (χ1n) is 25.3. The van der Waals surface area contributed by atoms with Gasteiger partial charge in [-0.15, -0.1) is 0 Å². The molecular weight excluding hydrogens is 885 g/mol. The van der Waals surface area contributed by atoms with Crippen molar-refractivity contribution in [3.05, 3.63) is 223 Å². The molecule has 2 aromatic carbocycles. The Labute approximate surface area is 427 Å². The van der Waals surface area contributed by atoms with Gasteiger partial charge in [-0.1, -0.05) is 12.1 Å². The predicted octanol–water partition coefficient (Wildman–Crippen LogP) is 12.3. The molecule has 0 atom stereocenters. The third kappa shape index (κ3) is 12.8. The summed E-state index contributed by atoms with van der Waals surface area (Å²) in [5, 5.41) is 0. The van der Waals surface area contributed by atoms with Gasteiger partial charge < -0.3 is 30.9 Å². The fraction of sp³-hybridized carbons (Fsp3) is 0.290. The van der Waals surface area contributed by atoms with Crippen molar-refractivity contribution in [2.24, 2.45) is 0 Å². The van der Waals surface area contributed by atoms with Crippen molar-refractivity contribution in [3.8, 4) is 17.3 Å². The van der Waals surface area contributed by atoms with Crippen LogP contribution in [-0.4, -0.2) is 33.6 Å². The third-order valence-corrected chi connectivity index (χ3v) is 13.4. The summed E-state index contributed by atoms with van der Waals surface area (Å²) in [7, 11) is 0. The number of hydrogen-bond acceptors (Lipinski definition) is 7. The van der Waals surface area contributed by atoms with Crippen molar-refractivity contribution >= 4 is 17.3 Å². The molecule has 0 aliphatic heterocycles. The second kappa shape index (κ2) is 22.1. The summed E-state index contributed by atoms with van der Waals surface area (Å²) in [6.07, 6.45) is 7.07. The number of hydrogen-bond donors (Lipinski definition) is 3. The van der Waals surface area contributed by atoms with Crippen LogP contribution in [0.4, 0.5) is 17.3 Å². The molecule has 0 spiro atoms.